The van der Waals surface area contributed by atoms with Crippen molar-refractivity contribution < 1.29 is 9.21 Å². The molecule has 1 N–H and O–H groups in total. The van der Waals surface area contributed by atoms with Crippen LogP contribution >= 0.6 is 22.9 Å². The first-order chi connectivity index (χ1) is 16.0. The number of rotatable bonds is 4. The molecule has 3 heterocycles. The summed E-state index contributed by atoms with van der Waals surface area (Å²) in [7, 11) is 0. The second-order valence-electron chi connectivity index (χ2n) is 7.51. The molecule has 1 amide bonds. The highest BCUT2D eigenvalue weighted by molar-refractivity contribution is 7.07. The maximum Gasteiger partial charge on any atom is 0.271 e. The number of allylic oxidation sites excluding steroid dienone is 1. The number of amides is 1. The maximum absolute atomic E-state index is 13.5. The molecule has 1 atom stereocenters. The molecule has 0 saturated carbocycles. The number of anilines is 1. The van der Waals surface area contributed by atoms with Gasteiger partial charge in [0, 0.05) is 16.3 Å². The van der Waals surface area contributed by atoms with E-state index in [9.17, 15) is 9.59 Å². The van der Waals surface area contributed by atoms with Crippen molar-refractivity contribution in [3.63, 3.8) is 0 Å². The van der Waals surface area contributed by atoms with Gasteiger partial charge in [-0.2, -0.15) is 0 Å². The van der Waals surface area contributed by atoms with Gasteiger partial charge in [0.05, 0.1) is 34.4 Å². The third-order valence-electron chi connectivity index (χ3n) is 5.32. The number of aromatic nitrogens is 1. The number of carbonyl (C=O) groups is 1. The Hall–Kier alpha value is -3.68. The lowest BCUT2D eigenvalue weighted by atomic mass is 9.95. The summed E-state index contributed by atoms with van der Waals surface area (Å²) in [5.41, 5.74) is 2.94. The molecule has 2 aromatic carbocycles. The van der Waals surface area contributed by atoms with Crippen molar-refractivity contribution >= 4 is 40.6 Å². The molecular weight excluding hydrogens is 458 g/mol. The van der Waals surface area contributed by atoms with Crippen LogP contribution < -0.4 is 20.2 Å². The third kappa shape index (κ3) is 4.08. The molecule has 6 nitrogen and oxygen atoms in total. The molecule has 1 aliphatic heterocycles. The zero-order chi connectivity index (χ0) is 22.9. The highest BCUT2D eigenvalue weighted by Crippen LogP contribution is 2.31. The normalized spacial score (nSPS) is 15.8. The van der Waals surface area contributed by atoms with Gasteiger partial charge in [0.25, 0.3) is 11.5 Å². The monoisotopic (exact) mass is 475 g/mol. The van der Waals surface area contributed by atoms with Crippen LogP contribution in [0, 0.1) is 0 Å². The molecule has 0 spiro atoms. The molecule has 33 heavy (non-hydrogen) atoms. The molecule has 0 saturated heterocycles. The van der Waals surface area contributed by atoms with Crippen LogP contribution in [0.3, 0.4) is 0 Å². The SMILES string of the molecule is CC1=C(C(=O)Nc2ccccc2)[C@H](c2ccc(Cl)cc2)n2c(sc(=Cc3ccoc3)c2=O)=N1. The van der Waals surface area contributed by atoms with Gasteiger partial charge in [-0.1, -0.05) is 53.3 Å². The number of halogens is 1. The van der Waals surface area contributed by atoms with Gasteiger partial charge >= 0.3 is 0 Å². The number of para-hydroxylation sites is 1. The van der Waals surface area contributed by atoms with Crippen molar-refractivity contribution in [2.45, 2.75) is 13.0 Å². The summed E-state index contributed by atoms with van der Waals surface area (Å²) in [5.74, 6) is -0.313. The number of hydrogen-bond acceptors (Lipinski definition) is 5. The predicted molar refractivity (Wildman–Crippen MR) is 129 cm³/mol. The molecule has 164 valence electrons. The minimum atomic E-state index is -0.645. The quantitative estimate of drug-likeness (QED) is 0.482. The van der Waals surface area contributed by atoms with E-state index in [1.807, 2.05) is 42.5 Å². The number of hydrogen-bond donors (Lipinski definition) is 1. The van der Waals surface area contributed by atoms with Gasteiger partial charge in [-0.25, -0.2) is 4.99 Å². The summed E-state index contributed by atoms with van der Waals surface area (Å²) in [4.78, 5) is 32.1. The number of carbonyl (C=O) groups excluding carboxylic acids is 1. The second-order valence-corrected chi connectivity index (χ2v) is 8.96. The van der Waals surface area contributed by atoms with Crippen molar-refractivity contribution in [2.75, 3.05) is 5.32 Å². The lowest BCUT2D eigenvalue weighted by Gasteiger charge is -2.25. The zero-order valence-electron chi connectivity index (χ0n) is 17.5. The first-order valence-electron chi connectivity index (χ1n) is 10.2. The van der Waals surface area contributed by atoms with E-state index in [0.29, 0.717) is 31.3 Å². The Balaban J connectivity index is 1.68. The standard InChI is InChI=1S/C25H18ClN3O3S/c1-15-21(23(30)28-19-5-3-2-4-6-19)22(17-7-9-18(26)10-8-17)29-24(31)20(33-25(29)27-15)13-16-11-12-32-14-16/h2-14,22H,1H3,(H,28,30)/t22-/m0/s1. The van der Waals surface area contributed by atoms with Crippen molar-refractivity contribution in [1.29, 1.82) is 0 Å². The van der Waals surface area contributed by atoms with Gasteiger partial charge < -0.3 is 9.73 Å². The largest absolute Gasteiger partial charge is 0.472 e. The van der Waals surface area contributed by atoms with Crippen LogP contribution in [0.15, 0.2) is 98.7 Å². The Morgan fingerprint density at radius 2 is 1.91 bits per heavy atom. The fraction of sp³-hybridized carbons (Fsp3) is 0.0800. The smallest absolute Gasteiger partial charge is 0.271 e. The zero-order valence-corrected chi connectivity index (χ0v) is 19.1. The fourth-order valence-electron chi connectivity index (χ4n) is 3.80. The van der Waals surface area contributed by atoms with E-state index >= 15 is 0 Å². The molecule has 0 fully saturated rings. The average molecular weight is 476 g/mol. The van der Waals surface area contributed by atoms with Crippen LogP contribution in [0.25, 0.3) is 6.08 Å². The Bertz CT molecular complexity index is 1530. The van der Waals surface area contributed by atoms with Crippen LogP contribution in [0.1, 0.15) is 24.1 Å². The molecule has 8 heteroatoms. The Kier molecular flexibility index (Phi) is 5.58. The number of nitrogens with zero attached hydrogens (tertiary/aromatic N) is 2. The Morgan fingerprint density at radius 1 is 1.15 bits per heavy atom. The molecular formula is C25H18ClN3O3S. The first-order valence-corrected chi connectivity index (χ1v) is 11.4. The van der Waals surface area contributed by atoms with Gasteiger partial charge in [0.2, 0.25) is 0 Å². The van der Waals surface area contributed by atoms with Crippen LogP contribution in [0.4, 0.5) is 5.69 Å². The molecule has 0 unspecified atom stereocenters. The molecule has 2 aromatic heterocycles. The van der Waals surface area contributed by atoms with E-state index in [2.05, 4.69) is 10.3 Å². The van der Waals surface area contributed by atoms with Crippen LogP contribution in [-0.2, 0) is 4.79 Å². The van der Waals surface area contributed by atoms with Crippen molar-refractivity contribution in [3.8, 4) is 0 Å². The van der Waals surface area contributed by atoms with E-state index in [-0.39, 0.29) is 11.5 Å². The highest BCUT2D eigenvalue weighted by Gasteiger charge is 2.32. The lowest BCUT2D eigenvalue weighted by molar-refractivity contribution is -0.113. The molecule has 0 aliphatic carbocycles. The summed E-state index contributed by atoms with van der Waals surface area (Å²) in [6.07, 6.45) is 4.88. The molecule has 0 radical (unpaired) electrons. The molecule has 5 rings (SSSR count). The van der Waals surface area contributed by atoms with E-state index < -0.39 is 6.04 Å². The molecule has 1 aliphatic rings. The minimum absolute atomic E-state index is 0.225. The minimum Gasteiger partial charge on any atom is -0.472 e. The molecule has 4 aromatic rings. The van der Waals surface area contributed by atoms with Crippen LogP contribution in [-0.4, -0.2) is 10.5 Å². The van der Waals surface area contributed by atoms with Crippen molar-refractivity contribution in [3.05, 3.63) is 120 Å². The topological polar surface area (TPSA) is 76.6 Å². The van der Waals surface area contributed by atoms with E-state index in [4.69, 9.17) is 16.0 Å². The number of fused-ring (bicyclic) bond motifs is 1. The van der Waals surface area contributed by atoms with Crippen LogP contribution in [0.2, 0.25) is 5.02 Å². The summed E-state index contributed by atoms with van der Waals surface area (Å²) < 4.78 is 7.20. The Labute approximate surface area is 197 Å². The van der Waals surface area contributed by atoms with Crippen molar-refractivity contribution in [1.82, 2.24) is 4.57 Å². The number of thiazole rings is 1. The molecule has 0 bridgehead atoms. The second kappa shape index (κ2) is 8.69. The van der Waals surface area contributed by atoms with Crippen molar-refractivity contribution in [2.24, 2.45) is 4.99 Å². The summed E-state index contributed by atoms with van der Waals surface area (Å²) in [5, 5.41) is 3.50. The summed E-state index contributed by atoms with van der Waals surface area (Å²) in [6.45, 7) is 1.79. The van der Waals surface area contributed by atoms with E-state index in [0.717, 1.165) is 11.1 Å². The lowest BCUT2D eigenvalue weighted by Crippen LogP contribution is -2.40. The third-order valence-corrected chi connectivity index (χ3v) is 6.56. The number of nitrogens with one attached hydrogen (secondary N) is 1. The fourth-order valence-corrected chi connectivity index (χ4v) is 4.97. The summed E-state index contributed by atoms with van der Waals surface area (Å²) >= 11 is 7.39. The van der Waals surface area contributed by atoms with Gasteiger partial charge in [-0.05, 0) is 48.9 Å². The van der Waals surface area contributed by atoms with E-state index in [1.165, 1.54) is 11.3 Å². The highest BCUT2D eigenvalue weighted by atomic mass is 35.5. The van der Waals surface area contributed by atoms with Crippen LogP contribution in [0.5, 0.6) is 0 Å². The number of furan rings is 1. The summed E-state index contributed by atoms with van der Waals surface area (Å²) in [6, 6.07) is 17.5. The van der Waals surface area contributed by atoms with Gasteiger partial charge in [-0.15, -0.1) is 0 Å². The first kappa shape index (κ1) is 21.2. The number of benzene rings is 2. The average Bonchev–Trinajstić information content (AvgIpc) is 3.42. The Morgan fingerprint density at radius 3 is 2.61 bits per heavy atom. The van der Waals surface area contributed by atoms with Gasteiger partial charge in [-0.3, -0.25) is 14.2 Å². The van der Waals surface area contributed by atoms with Gasteiger partial charge in [0.1, 0.15) is 0 Å². The van der Waals surface area contributed by atoms with E-state index in [1.54, 1.807) is 48.3 Å². The predicted octanol–water partition coefficient (Wildman–Crippen LogP) is 4.12. The van der Waals surface area contributed by atoms with Gasteiger partial charge in [0.15, 0.2) is 4.80 Å². The maximum atomic E-state index is 13.5.